The highest BCUT2D eigenvalue weighted by molar-refractivity contribution is 7.13. The number of para-hydroxylation sites is 1. The van der Waals surface area contributed by atoms with E-state index >= 15 is 0 Å². The van der Waals surface area contributed by atoms with E-state index in [0.717, 1.165) is 17.1 Å². The highest BCUT2D eigenvalue weighted by Gasteiger charge is 2.18. The molecule has 2 aromatic heterocycles. The number of nitrogens with one attached hydrogen (secondary N) is 3. The van der Waals surface area contributed by atoms with Crippen LogP contribution < -0.4 is 25.6 Å². The quantitative estimate of drug-likeness (QED) is 0.197. The first-order valence-electron chi connectivity index (χ1n) is 12.3. The third-order valence-corrected chi connectivity index (χ3v) is 6.72. The molecule has 0 spiro atoms. The number of methoxy groups -OCH3 is 1. The van der Waals surface area contributed by atoms with Crippen LogP contribution in [0, 0.1) is 5.82 Å². The molecule has 0 aliphatic rings. The normalized spacial score (nSPS) is 10.8. The summed E-state index contributed by atoms with van der Waals surface area (Å²) in [5.74, 6) is 0.386. The number of benzene rings is 2. The van der Waals surface area contributed by atoms with Crippen molar-refractivity contribution in [3.63, 3.8) is 0 Å². The van der Waals surface area contributed by atoms with Gasteiger partial charge >= 0.3 is 0 Å². The second-order valence-corrected chi connectivity index (χ2v) is 9.93. The average Bonchev–Trinajstić information content (AvgIpc) is 3.48. The second kappa shape index (κ2) is 13.0. The molecule has 2 heterocycles. The van der Waals surface area contributed by atoms with Gasteiger partial charge in [0, 0.05) is 38.6 Å². The van der Waals surface area contributed by atoms with Gasteiger partial charge in [-0.15, -0.1) is 11.3 Å². The summed E-state index contributed by atoms with van der Waals surface area (Å²) >= 11 is 1.42. The van der Waals surface area contributed by atoms with Crippen LogP contribution in [0.3, 0.4) is 0 Å². The van der Waals surface area contributed by atoms with Crippen molar-refractivity contribution in [2.75, 3.05) is 62.2 Å². The number of hydrogen-bond acceptors (Lipinski definition) is 10. The number of carbonyl (C=O) groups is 1. The molecule has 0 aliphatic carbocycles. The second-order valence-electron chi connectivity index (χ2n) is 9.04. The number of nitrogens with zero attached hydrogens (tertiary/aromatic N) is 5. The number of anilines is 6. The van der Waals surface area contributed by atoms with E-state index in [1.165, 1.54) is 23.5 Å². The molecule has 208 valence electrons. The third-order valence-electron chi connectivity index (χ3n) is 5.91. The zero-order valence-corrected chi connectivity index (χ0v) is 23.6. The fraction of sp³-hybridized carbons (Fsp3) is 0.214. The Kier molecular flexibility index (Phi) is 9.25. The Morgan fingerprint density at radius 2 is 1.90 bits per heavy atom. The molecule has 0 bridgehead atoms. The summed E-state index contributed by atoms with van der Waals surface area (Å²) in [4.78, 5) is 30.5. The Bertz CT molecular complexity index is 1480. The number of aromatic nitrogens is 3. The van der Waals surface area contributed by atoms with Gasteiger partial charge in [-0.3, -0.25) is 9.78 Å². The molecule has 4 rings (SSSR count). The number of rotatable bonds is 12. The van der Waals surface area contributed by atoms with Crippen molar-refractivity contribution in [3.05, 3.63) is 72.8 Å². The number of amides is 1. The Hall–Kier alpha value is -4.55. The molecule has 0 fully saturated rings. The first kappa shape index (κ1) is 28.5. The maximum Gasteiger partial charge on any atom is 0.247 e. The number of ether oxygens (including phenoxy) is 1. The third kappa shape index (κ3) is 6.90. The molecule has 2 aromatic carbocycles. The van der Waals surface area contributed by atoms with Crippen LogP contribution in [0.4, 0.5) is 38.9 Å². The zero-order valence-electron chi connectivity index (χ0n) is 22.7. The summed E-state index contributed by atoms with van der Waals surface area (Å²) in [5.41, 5.74) is 4.49. The van der Waals surface area contributed by atoms with Crippen molar-refractivity contribution in [1.82, 2.24) is 19.9 Å². The summed E-state index contributed by atoms with van der Waals surface area (Å²) < 4.78 is 20.2. The molecule has 0 atom stereocenters. The highest BCUT2D eigenvalue weighted by Crippen LogP contribution is 2.39. The van der Waals surface area contributed by atoms with Crippen LogP contribution in [0.1, 0.15) is 0 Å². The van der Waals surface area contributed by atoms with Crippen molar-refractivity contribution in [3.8, 4) is 16.2 Å². The van der Waals surface area contributed by atoms with Crippen LogP contribution in [0.15, 0.2) is 67.0 Å². The monoisotopic (exact) mass is 562 g/mol. The summed E-state index contributed by atoms with van der Waals surface area (Å²) in [6.07, 6.45) is 4.55. The van der Waals surface area contributed by atoms with Gasteiger partial charge in [0.05, 0.1) is 45.8 Å². The first-order valence-corrected chi connectivity index (χ1v) is 13.2. The topological polar surface area (TPSA) is 108 Å². The highest BCUT2D eigenvalue weighted by atomic mass is 32.1. The lowest BCUT2D eigenvalue weighted by Gasteiger charge is -2.26. The molecule has 12 heteroatoms. The molecule has 0 radical (unpaired) electrons. The summed E-state index contributed by atoms with van der Waals surface area (Å²) in [6.45, 7) is 5.09. The Morgan fingerprint density at radius 3 is 2.58 bits per heavy atom. The fourth-order valence-corrected chi connectivity index (χ4v) is 4.42. The van der Waals surface area contributed by atoms with Crippen molar-refractivity contribution in [1.29, 1.82) is 0 Å². The first-order chi connectivity index (χ1) is 19.3. The van der Waals surface area contributed by atoms with Crippen LogP contribution in [-0.4, -0.2) is 67.1 Å². The van der Waals surface area contributed by atoms with E-state index in [4.69, 9.17) is 4.74 Å². The Morgan fingerprint density at radius 1 is 1.10 bits per heavy atom. The van der Waals surface area contributed by atoms with E-state index in [1.54, 1.807) is 49.3 Å². The van der Waals surface area contributed by atoms with Crippen molar-refractivity contribution in [2.45, 2.75) is 0 Å². The van der Waals surface area contributed by atoms with E-state index in [0.29, 0.717) is 35.1 Å². The molecule has 0 saturated carbocycles. The lowest BCUT2D eigenvalue weighted by atomic mass is 10.2. The molecule has 0 saturated heterocycles. The van der Waals surface area contributed by atoms with E-state index in [-0.39, 0.29) is 17.5 Å². The van der Waals surface area contributed by atoms with Crippen molar-refractivity contribution < 1.29 is 13.9 Å². The van der Waals surface area contributed by atoms with E-state index < -0.39 is 5.82 Å². The summed E-state index contributed by atoms with van der Waals surface area (Å²) in [7, 11) is 7.50. The molecule has 4 aromatic rings. The lowest BCUT2D eigenvalue weighted by molar-refractivity contribution is -0.111. The number of likely N-dealkylation sites (N-methyl/N-ethyl adjacent to an activating group) is 2. The van der Waals surface area contributed by atoms with E-state index in [9.17, 15) is 9.18 Å². The predicted molar refractivity (Wildman–Crippen MR) is 160 cm³/mol. The molecule has 40 heavy (non-hydrogen) atoms. The molecule has 1 amide bonds. The van der Waals surface area contributed by atoms with Gasteiger partial charge in [0.15, 0.2) is 0 Å². The van der Waals surface area contributed by atoms with Gasteiger partial charge in [0.1, 0.15) is 17.4 Å². The standard InChI is InChI=1S/C28H31FN8O2S/c1-6-26(38)32-21-13-22(24(39-5)14-23(21)37(4)12-11-36(2)3)34-28-31-15-18(25-16-30-17-40-25)27(35-28)33-20-10-8-7-9-19(20)29/h6-10,13-17H,1,11-12H2,2-5H3,(H,32,38)(H2,31,33,34,35). The van der Waals surface area contributed by atoms with E-state index in [1.807, 2.05) is 32.1 Å². The number of thiazole rings is 1. The summed E-state index contributed by atoms with van der Waals surface area (Å²) in [6, 6.07) is 9.95. The largest absolute Gasteiger partial charge is 0.494 e. The molecule has 3 N–H and O–H groups in total. The maximum absolute atomic E-state index is 14.5. The van der Waals surface area contributed by atoms with E-state index in [2.05, 4.69) is 42.4 Å². The Balaban J connectivity index is 1.73. The minimum absolute atomic E-state index is 0.236. The molecule has 10 nitrogen and oxygen atoms in total. The molecular weight excluding hydrogens is 531 g/mol. The minimum Gasteiger partial charge on any atom is -0.494 e. The smallest absolute Gasteiger partial charge is 0.247 e. The van der Waals surface area contributed by atoms with Crippen LogP contribution in [0.2, 0.25) is 0 Å². The van der Waals surface area contributed by atoms with Gasteiger partial charge in [-0.05, 0) is 38.4 Å². The van der Waals surface area contributed by atoms with Crippen LogP contribution >= 0.6 is 11.3 Å². The van der Waals surface area contributed by atoms with Gasteiger partial charge in [0.2, 0.25) is 11.9 Å². The fourth-order valence-electron chi connectivity index (χ4n) is 3.78. The minimum atomic E-state index is -0.413. The lowest BCUT2D eigenvalue weighted by Crippen LogP contribution is -2.29. The maximum atomic E-state index is 14.5. The van der Waals surface area contributed by atoms with Gasteiger partial charge < -0.3 is 30.5 Å². The average molecular weight is 563 g/mol. The molecule has 0 unspecified atom stereocenters. The number of hydrogen-bond donors (Lipinski definition) is 3. The van der Waals surface area contributed by atoms with Crippen molar-refractivity contribution >= 4 is 51.8 Å². The Labute approximate surface area is 236 Å². The van der Waals surface area contributed by atoms with Gasteiger partial charge in [-0.2, -0.15) is 4.98 Å². The van der Waals surface area contributed by atoms with Crippen molar-refractivity contribution in [2.24, 2.45) is 0 Å². The zero-order chi connectivity index (χ0) is 28.6. The van der Waals surface area contributed by atoms with Gasteiger partial charge in [0.25, 0.3) is 0 Å². The van der Waals surface area contributed by atoms with Crippen LogP contribution in [0.25, 0.3) is 10.4 Å². The predicted octanol–water partition coefficient (Wildman–Crippen LogP) is 5.36. The van der Waals surface area contributed by atoms with Crippen LogP contribution in [-0.2, 0) is 4.79 Å². The SMILES string of the molecule is C=CC(=O)Nc1cc(Nc2ncc(-c3cncs3)c(Nc3ccccc3F)n2)c(OC)cc1N(C)CCN(C)C. The van der Waals surface area contributed by atoms with Gasteiger partial charge in [-0.1, -0.05) is 18.7 Å². The number of carbonyl (C=O) groups excluding carboxylic acids is 1. The molecular formula is C28H31FN8O2S. The van der Waals surface area contributed by atoms with Crippen LogP contribution in [0.5, 0.6) is 5.75 Å². The van der Waals surface area contributed by atoms with Gasteiger partial charge in [-0.25, -0.2) is 9.37 Å². The number of halogens is 1. The summed E-state index contributed by atoms with van der Waals surface area (Å²) in [5, 5.41) is 9.14. The molecule has 0 aliphatic heterocycles.